The van der Waals surface area contributed by atoms with Gasteiger partial charge in [0.1, 0.15) is 0 Å². The van der Waals surface area contributed by atoms with E-state index in [0.29, 0.717) is 47.3 Å². The highest BCUT2D eigenvalue weighted by Crippen LogP contribution is 2.30. The Labute approximate surface area is 184 Å². The topological polar surface area (TPSA) is 91.7 Å². The van der Waals surface area contributed by atoms with E-state index in [2.05, 4.69) is 10.3 Å². The smallest absolute Gasteiger partial charge is 0.262 e. The minimum atomic E-state index is -0.185. The average Bonchev–Trinajstić information content (AvgIpc) is 2.80. The molecule has 1 N–H and O–H groups in total. The Morgan fingerprint density at radius 3 is 2.65 bits per heavy atom. The number of fused-ring (bicyclic) bond motifs is 1. The van der Waals surface area contributed by atoms with Gasteiger partial charge in [-0.1, -0.05) is 36.0 Å². The fourth-order valence-electron chi connectivity index (χ4n) is 3.11. The minimum Gasteiger partial charge on any atom is -0.493 e. The highest BCUT2D eigenvalue weighted by Gasteiger charge is 2.14. The zero-order valence-corrected chi connectivity index (χ0v) is 18.5. The fraction of sp³-hybridized carbons (Fsp3) is 0.318. The van der Waals surface area contributed by atoms with Crippen LogP contribution < -0.4 is 20.3 Å². The summed E-state index contributed by atoms with van der Waals surface area (Å²) in [5.41, 5.74) is 1.26. The van der Waals surface area contributed by atoms with Crippen LogP contribution in [0.4, 0.5) is 0 Å². The number of hydrogen-bond acceptors (Lipinski definition) is 7. The van der Waals surface area contributed by atoms with E-state index >= 15 is 0 Å². The maximum Gasteiger partial charge on any atom is 0.262 e. The highest BCUT2D eigenvalue weighted by molar-refractivity contribution is 7.99. The summed E-state index contributed by atoms with van der Waals surface area (Å²) in [4.78, 5) is 29.9. The summed E-state index contributed by atoms with van der Waals surface area (Å²) >= 11 is 1.22. The first-order chi connectivity index (χ1) is 15.1. The van der Waals surface area contributed by atoms with Gasteiger partial charge in [-0.2, -0.15) is 0 Å². The molecule has 9 heteroatoms. The third-order valence-electron chi connectivity index (χ3n) is 4.64. The number of nitrogens with zero attached hydrogens (tertiary/aromatic N) is 2. The van der Waals surface area contributed by atoms with Gasteiger partial charge in [0.25, 0.3) is 5.56 Å². The Hall–Kier alpha value is -3.04. The van der Waals surface area contributed by atoms with Gasteiger partial charge in [0.15, 0.2) is 16.7 Å². The molecule has 1 aromatic heterocycles. The van der Waals surface area contributed by atoms with Crippen LogP contribution in [0.5, 0.6) is 11.5 Å². The standard InChI is InChI=1S/C22H25N3O5S/c1-28-12-11-25-21(27)16-8-4-5-9-17(16)24-22(25)31-14-19(26)23-13-15-7-6-10-18(29-2)20(15)30-3/h4-10H,11-14H2,1-3H3,(H,23,26). The van der Waals surface area contributed by atoms with Gasteiger partial charge < -0.3 is 19.5 Å². The largest absolute Gasteiger partial charge is 0.493 e. The summed E-state index contributed by atoms with van der Waals surface area (Å²) in [5.74, 6) is 1.12. The molecule has 2 aromatic carbocycles. The first kappa shape index (κ1) is 22.6. The van der Waals surface area contributed by atoms with Crippen LogP contribution in [0.2, 0.25) is 0 Å². The normalized spacial score (nSPS) is 10.8. The fourth-order valence-corrected chi connectivity index (χ4v) is 3.96. The number of ether oxygens (including phenoxy) is 3. The number of nitrogens with one attached hydrogen (secondary N) is 1. The average molecular weight is 444 g/mol. The lowest BCUT2D eigenvalue weighted by molar-refractivity contribution is -0.118. The molecule has 3 aromatic rings. The Bertz CT molecular complexity index is 1120. The number of para-hydroxylation sites is 2. The third-order valence-corrected chi connectivity index (χ3v) is 5.61. The molecule has 0 aliphatic rings. The Balaban J connectivity index is 1.72. The van der Waals surface area contributed by atoms with Gasteiger partial charge in [-0.25, -0.2) is 4.98 Å². The molecule has 164 valence electrons. The van der Waals surface area contributed by atoms with Crippen LogP contribution in [-0.4, -0.2) is 49.1 Å². The second-order valence-electron chi connectivity index (χ2n) is 6.58. The molecule has 3 rings (SSSR count). The number of rotatable bonds is 10. The van der Waals surface area contributed by atoms with E-state index in [1.807, 2.05) is 18.2 Å². The first-order valence-corrected chi connectivity index (χ1v) is 10.7. The van der Waals surface area contributed by atoms with Crippen molar-refractivity contribution in [2.24, 2.45) is 0 Å². The number of methoxy groups -OCH3 is 3. The van der Waals surface area contributed by atoms with Crippen LogP contribution in [0.1, 0.15) is 5.56 Å². The molecule has 0 fully saturated rings. The Morgan fingerprint density at radius 2 is 1.90 bits per heavy atom. The van der Waals surface area contributed by atoms with Crippen LogP contribution >= 0.6 is 11.8 Å². The van der Waals surface area contributed by atoms with Gasteiger partial charge in [0.2, 0.25) is 5.91 Å². The number of aromatic nitrogens is 2. The van der Waals surface area contributed by atoms with Gasteiger partial charge in [-0.05, 0) is 18.2 Å². The first-order valence-electron chi connectivity index (χ1n) is 9.67. The van der Waals surface area contributed by atoms with Crippen molar-refractivity contribution in [3.05, 3.63) is 58.4 Å². The molecule has 8 nitrogen and oxygen atoms in total. The number of hydrogen-bond donors (Lipinski definition) is 1. The lowest BCUT2D eigenvalue weighted by atomic mass is 10.2. The van der Waals surface area contributed by atoms with Crippen molar-refractivity contribution in [3.63, 3.8) is 0 Å². The molecule has 0 bridgehead atoms. The van der Waals surface area contributed by atoms with Crippen LogP contribution in [0.3, 0.4) is 0 Å². The maximum absolute atomic E-state index is 12.9. The van der Waals surface area contributed by atoms with Crippen molar-refractivity contribution in [3.8, 4) is 11.5 Å². The van der Waals surface area contributed by atoms with Crippen molar-refractivity contribution in [2.45, 2.75) is 18.2 Å². The molecular formula is C22H25N3O5S. The van der Waals surface area contributed by atoms with Gasteiger partial charge >= 0.3 is 0 Å². The molecule has 0 radical (unpaired) electrons. The minimum absolute atomic E-state index is 0.115. The predicted molar refractivity (Wildman–Crippen MR) is 120 cm³/mol. The maximum atomic E-state index is 12.9. The van der Waals surface area contributed by atoms with Crippen molar-refractivity contribution in [2.75, 3.05) is 33.7 Å². The van der Waals surface area contributed by atoms with Crippen LogP contribution in [0, 0.1) is 0 Å². The second kappa shape index (κ2) is 10.8. The number of benzene rings is 2. The summed E-state index contributed by atoms with van der Waals surface area (Å²) in [6, 6.07) is 12.7. The SMILES string of the molecule is COCCn1c(SCC(=O)NCc2cccc(OC)c2OC)nc2ccccc2c1=O. The Kier molecular flexibility index (Phi) is 7.91. The quantitative estimate of drug-likeness (QED) is 0.380. The molecule has 0 aliphatic carbocycles. The number of carbonyl (C=O) groups is 1. The van der Waals surface area contributed by atoms with Crippen molar-refractivity contribution in [1.29, 1.82) is 0 Å². The van der Waals surface area contributed by atoms with Crippen molar-refractivity contribution >= 4 is 28.6 Å². The predicted octanol–water partition coefficient (Wildman–Crippen LogP) is 2.47. The summed E-state index contributed by atoms with van der Waals surface area (Å²) in [5, 5.41) is 3.90. The molecule has 0 atom stereocenters. The molecule has 0 aliphatic heterocycles. The molecule has 1 amide bonds. The van der Waals surface area contributed by atoms with Gasteiger partial charge in [0.05, 0.1) is 44.0 Å². The molecule has 0 saturated heterocycles. The van der Waals surface area contributed by atoms with E-state index < -0.39 is 0 Å². The lowest BCUT2D eigenvalue weighted by Gasteiger charge is -2.14. The van der Waals surface area contributed by atoms with Crippen LogP contribution in [-0.2, 0) is 22.6 Å². The number of thioether (sulfide) groups is 1. The van der Waals surface area contributed by atoms with Gasteiger partial charge in [0, 0.05) is 19.2 Å². The van der Waals surface area contributed by atoms with E-state index in [4.69, 9.17) is 14.2 Å². The molecule has 31 heavy (non-hydrogen) atoms. The van der Waals surface area contributed by atoms with E-state index in [9.17, 15) is 9.59 Å². The monoisotopic (exact) mass is 443 g/mol. The zero-order chi connectivity index (χ0) is 22.2. The van der Waals surface area contributed by atoms with Gasteiger partial charge in [-0.15, -0.1) is 0 Å². The Morgan fingerprint density at radius 1 is 1.10 bits per heavy atom. The molecular weight excluding hydrogens is 418 g/mol. The summed E-state index contributed by atoms with van der Waals surface area (Å²) in [7, 11) is 4.70. The third kappa shape index (κ3) is 5.36. The number of amides is 1. The van der Waals surface area contributed by atoms with Crippen LogP contribution in [0.25, 0.3) is 10.9 Å². The van der Waals surface area contributed by atoms with Crippen molar-refractivity contribution in [1.82, 2.24) is 14.9 Å². The van der Waals surface area contributed by atoms with E-state index in [-0.39, 0.29) is 17.2 Å². The number of carbonyl (C=O) groups excluding carboxylic acids is 1. The van der Waals surface area contributed by atoms with Crippen molar-refractivity contribution < 1.29 is 19.0 Å². The molecule has 0 unspecified atom stereocenters. The van der Waals surface area contributed by atoms with E-state index in [1.54, 1.807) is 50.2 Å². The van der Waals surface area contributed by atoms with E-state index in [1.165, 1.54) is 11.8 Å². The summed E-state index contributed by atoms with van der Waals surface area (Å²) in [6.45, 7) is 1.02. The second-order valence-corrected chi connectivity index (χ2v) is 7.52. The molecule has 1 heterocycles. The van der Waals surface area contributed by atoms with Crippen LogP contribution in [0.15, 0.2) is 52.4 Å². The summed E-state index contributed by atoms with van der Waals surface area (Å²) < 4.78 is 17.4. The summed E-state index contributed by atoms with van der Waals surface area (Å²) in [6.07, 6.45) is 0. The zero-order valence-electron chi connectivity index (χ0n) is 17.7. The highest BCUT2D eigenvalue weighted by atomic mass is 32.2. The lowest BCUT2D eigenvalue weighted by Crippen LogP contribution is -2.27. The molecule has 0 saturated carbocycles. The van der Waals surface area contributed by atoms with E-state index in [0.717, 1.165) is 5.56 Å². The molecule has 0 spiro atoms. The van der Waals surface area contributed by atoms with Gasteiger partial charge in [-0.3, -0.25) is 14.2 Å².